The first-order chi connectivity index (χ1) is 7.90. The second kappa shape index (κ2) is 5.46. The number of rotatable bonds is 4. The highest BCUT2D eigenvalue weighted by atomic mass is 32.1. The zero-order valence-corrected chi connectivity index (χ0v) is 9.59. The molecule has 2 aromatic rings. The molecular formula is C11H12N4S. The summed E-state index contributed by atoms with van der Waals surface area (Å²) in [5, 5.41) is 0. The summed E-state index contributed by atoms with van der Waals surface area (Å²) in [6.45, 7) is 0. The predicted molar refractivity (Wildman–Crippen MR) is 66.7 cm³/mol. The zero-order valence-electron chi connectivity index (χ0n) is 8.69. The van der Waals surface area contributed by atoms with Crippen molar-refractivity contribution in [3.8, 4) is 5.95 Å². The first kappa shape index (κ1) is 10.9. The van der Waals surface area contributed by atoms with Crippen LogP contribution in [0.2, 0.25) is 0 Å². The van der Waals surface area contributed by atoms with Gasteiger partial charge in [-0.1, -0.05) is 12.2 Å². The molecule has 0 N–H and O–H groups in total. The zero-order chi connectivity index (χ0) is 11.2. The van der Waals surface area contributed by atoms with Crippen molar-refractivity contribution in [2.45, 2.75) is 6.42 Å². The number of thiol groups is 1. The molecule has 0 spiro atoms. The van der Waals surface area contributed by atoms with Crippen molar-refractivity contribution in [3.63, 3.8) is 0 Å². The third-order valence-corrected chi connectivity index (χ3v) is 2.26. The molecule has 0 aliphatic rings. The van der Waals surface area contributed by atoms with Crippen LogP contribution in [0.5, 0.6) is 0 Å². The molecule has 0 saturated carbocycles. The van der Waals surface area contributed by atoms with E-state index in [-0.39, 0.29) is 0 Å². The minimum absolute atomic E-state index is 0.629. The summed E-state index contributed by atoms with van der Waals surface area (Å²) in [6, 6.07) is 0. The van der Waals surface area contributed by atoms with Gasteiger partial charge in [-0.05, 0) is 12.2 Å². The summed E-state index contributed by atoms with van der Waals surface area (Å²) in [7, 11) is 0. The first-order valence-electron chi connectivity index (χ1n) is 4.98. The van der Waals surface area contributed by atoms with Crippen LogP contribution in [-0.2, 0) is 0 Å². The molecule has 2 aromatic heterocycles. The maximum absolute atomic E-state index is 4.24. The Labute approximate surface area is 99.5 Å². The van der Waals surface area contributed by atoms with Crippen LogP contribution in [0.4, 0.5) is 0 Å². The normalized spacial score (nSPS) is 11.1. The Bertz CT molecular complexity index is 447. The number of aromatic nitrogens is 4. The van der Waals surface area contributed by atoms with Crippen LogP contribution in [0.25, 0.3) is 12.0 Å². The summed E-state index contributed by atoms with van der Waals surface area (Å²) in [5.41, 5.74) is 0.991. The van der Waals surface area contributed by atoms with Gasteiger partial charge in [0.15, 0.2) is 0 Å². The fourth-order valence-corrected chi connectivity index (χ4v) is 1.37. The molecule has 0 aliphatic carbocycles. The van der Waals surface area contributed by atoms with Crippen LogP contribution in [0, 0.1) is 0 Å². The molecule has 0 unspecified atom stereocenters. The van der Waals surface area contributed by atoms with Crippen molar-refractivity contribution in [1.29, 1.82) is 0 Å². The topological polar surface area (TPSA) is 43.6 Å². The highest BCUT2D eigenvalue weighted by Crippen LogP contribution is 2.03. The monoisotopic (exact) mass is 232 g/mol. The SMILES string of the molecule is SCCC=Cc1cnc(-n2ccnc2)nc1. The van der Waals surface area contributed by atoms with Gasteiger partial charge in [-0.2, -0.15) is 12.6 Å². The Morgan fingerprint density at radius 1 is 1.31 bits per heavy atom. The fourth-order valence-electron chi connectivity index (χ4n) is 1.22. The van der Waals surface area contributed by atoms with Gasteiger partial charge in [-0.15, -0.1) is 0 Å². The summed E-state index contributed by atoms with van der Waals surface area (Å²) >= 11 is 4.13. The third kappa shape index (κ3) is 2.70. The van der Waals surface area contributed by atoms with E-state index in [1.54, 1.807) is 29.5 Å². The van der Waals surface area contributed by atoms with Crippen molar-refractivity contribution < 1.29 is 0 Å². The number of allylic oxidation sites excluding steroid dienone is 1. The van der Waals surface area contributed by atoms with Gasteiger partial charge in [-0.25, -0.2) is 15.0 Å². The Hall–Kier alpha value is -1.62. The number of hydrogen-bond donors (Lipinski definition) is 1. The van der Waals surface area contributed by atoms with Crippen molar-refractivity contribution in [1.82, 2.24) is 19.5 Å². The molecular weight excluding hydrogens is 220 g/mol. The van der Waals surface area contributed by atoms with E-state index in [9.17, 15) is 0 Å². The molecule has 0 bridgehead atoms. The van der Waals surface area contributed by atoms with Crippen LogP contribution in [0.3, 0.4) is 0 Å². The van der Waals surface area contributed by atoms with E-state index >= 15 is 0 Å². The Kier molecular flexibility index (Phi) is 3.71. The van der Waals surface area contributed by atoms with Crippen LogP contribution >= 0.6 is 12.6 Å². The lowest BCUT2D eigenvalue weighted by Gasteiger charge is -1.99. The lowest BCUT2D eigenvalue weighted by atomic mass is 10.3. The van der Waals surface area contributed by atoms with Crippen LogP contribution in [0.1, 0.15) is 12.0 Å². The molecule has 0 saturated heterocycles. The van der Waals surface area contributed by atoms with Crippen molar-refractivity contribution in [2.24, 2.45) is 0 Å². The van der Waals surface area contributed by atoms with Crippen molar-refractivity contribution in [2.75, 3.05) is 5.75 Å². The van der Waals surface area contributed by atoms with Gasteiger partial charge < -0.3 is 0 Å². The molecule has 82 valence electrons. The van der Waals surface area contributed by atoms with E-state index in [1.165, 1.54) is 0 Å². The van der Waals surface area contributed by atoms with Gasteiger partial charge in [0.1, 0.15) is 6.33 Å². The molecule has 2 heterocycles. The van der Waals surface area contributed by atoms with E-state index in [4.69, 9.17) is 0 Å². The summed E-state index contributed by atoms with van der Waals surface area (Å²) < 4.78 is 1.77. The van der Waals surface area contributed by atoms with E-state index in [0.717, 1.165) is 17.7 Å². The van der Waals surface area contributed by atoms with Crippen molar-refractivity contribution in [3.05, 3.63) is 42.8 Å². The van der Waals surface area contributed by atoms with E-state index < -0.39 is 0 Å². The molecule has 4 nitrogen and oxygen atoms in total. The van der Waals surface area contributed by atoms with E-state index in [0.29, 0.717) is 5.95 Å². The number of hydrogen-bond acceptors (Lipinski definition) is 4. The largest absolute Gasteiger partial charge is 0.274 e. The third-order valence-electron chi connectivity index (χ3n) is 2.00. The van der Waals surface area contributed by atoms with Crippen LogP contribution in [0.15, 0.2) is 37.2 Å². The van der Waals surface area contributed by atoms with Crippen LogP contribution < -0.4 is 0 Å². The lowest BCUT2D eigenvalue weighted by Crippen LogP contribution is -1.97. The molecule has 2 rings (SSSR count). The van der Waals surface area contributed by atoms with Gasteiger partial charge in [0, 0.05) is 30.4 Å². The Balaban J connectivity index is 2.11. The highest BCUT2D eigenvalue weighted by molar-refractivity contribution is 7.80. The molecule has 0 radical (unpaired) electrons. The molecule has 0 aliphatic heterocycles. The minimum atomic E-state index is 0.629. The molecule has 16 heavy (non-hydrogen) atoms. The minimum Gasteiger partial charge on any atom is -0.274 e. The Morgan fingerprint density at radius 2 is 2.12 bits per heavy atom. The number of nitrogens with zero attached hydrogens (tertiary/aromatic N) is 4. The standard InChI is InChI=1S/C11H12N4S/c16-6-2-1-3-10-7-13-11(14-8-10)15-5-4-12-9-15/h1,3-5,7-9,16H,2,6H2. The predicted octanol–water partition coefficient (Wildman–Crippen LogP) is 2.00. The first-order valence-corrected chi connectivity index (χ1v) is 5.61. The van der Waals surface area contributed by atoms with E-state index in [1.807, 2.05) is 12.3 Å². The Morgan fingerprint density at radius 3 is 2.75 bits per heavy atom. The van der Waals surface area contributed by atoms with Gasteiger partial charge in [0.05, 0.1) is 0 Å². The van der Waals surface area contributed by atoms with Gasteiger partial charge in [0.2, 0.25) is 5.95 Å². The lowest BCUT2D eigenvalue weighted by molar-refractivity contribution is 0.923. The average molecular weight is 232 g/mol. The molecule has 0 aromatic carbocycles. The van der Waals surface area contributed by atoms with Gasteiger partial charge >= 0.3 is 0 Å². The molecule has 0 amide bonds. The van der Waals surface area contributed by atoms with Gasteiger partial charge in [-0.3, -0.25) is 4.57 Å². The van der Waals surface area contributed by atoms with Crippen molar-refractivity contribution >= 4 is 18.7 Å². The smallest absolute Gasteiger partial charge is 0.234 e. The second-order valence-corrected chi connectivity index (χ2v) is 3.65. The summed E-state index contributed by atoms with van der Waals surface area (Å²) in [5.74, 6) is 1.48. The fraction of sp³-hybridized carbons (Fsp3) is 0.182. The van der Waals surface area contributed by atoms with Crippen LogP contribution in [-0.4, -0.2) is 25.3 Å². The summed E-state index contributed by atoms with van der Waals surface area (Å²) in [6.07, 6.45) is 13.8. The maximum atomic E-state index is 4.24. The molecule has 0 fully saturated rings. The number of imidazole rings is 1. The average Bonchev–Trinajstić information content (AvgIpc) is 2.84. The molecule has 0 atom stereocenters. The summed E-state index contributed by atoms with van der Waals surface area (Å²) in [4.78, 5) is 12.4. The molecule has 5 heteroatoms. The van der Waals surface area contributed by atoms with E-state index in [2.05, 4.69) is 33.7 Å². The van der Waals surface area contributed by atoms with Gasteiger partial charge in [0.25, 0.3) is 0 Å². The quantitative estimate of drug-likeness (QED) is 0.820. The highest BCUT2D eigenvalue weighted by Gasteiger charge is 1.97. The maximum Gasteiger partial charge on any atom is 0.234 e. The second-order valence-electron chi connectivity index (χ2n) is 3.20.